The Labute approximate surface area is 47.7 Å². The Hall–Kier alpha value is 0.620. The normalized spacial score (nSPS) is 9.00. The molecule has 0 bridgehead atoms. The molecule has 6 N–H and O–H groups in total. The third-order valence-electron chi connectivity index (χ3n) is 0. The standard InChI is InChI=1S/2H3O3P/c2*1-4(2)3/h2*1-3H. The maximum absolute atomic E-state index is 7.23. The molecule has 0 aromatic carbocycles. The first-order chi connectivity index (χ1) is 3.46. The first kappa shape index (κ1) is 11.4. The summed E-state index contributed by atoms with van der Waals surface area (Å²) >= 11 is 0. The van der Waals surface area contributed by atoms with Gasteiger partial charge < -0.3 is 29.4 Å². The van der Waals surface area contributed by atoms with Gasteiger partial charge in [0, 0.05) is 0 Å². The molecule has 0 saturated heterocycles. The molecule has 0 fully saturated rings. The summed E-state index contributed by atoms with van der Waals surface area (Å²) in [6, 6.07) is 0. The summed E-state index contributed by atoms with van der Waals surface area (Å²) in [7, 11) is -5.24. The zero-order valence-corrected chi connectivity index (χ0v) is 5.37. The van der Waals surface area contributed by atoms with Crippen molar-refractivity contribution in [2.24, 2.45) is 0 Å². The maximum Gasteiger partial charge on any atom is 0.324 e. The Morgan fingerprint density at radius 1 is 0.500 bits per heavy atom. The zero-order chi connectivity index (χ0) is 7.15. The molecule has 0 saturated carbocycles. The van der Waals surface area contributed by atoms with E-state index in [-0.39, 0.29) is 0 Å². The second-order valence-corrected chi connectivity index (χ2v) is 1.61. The van der Waals surface area contributed by atoms with E-state index in [2.05, 4.69) is 0 Å². The Kier molecular flexibility index (Phi) is 10.9. The fourth-order valence-electron chi connectivity index (χ4n) is 0. The van der Waals surface area contributed by atoms with Crippen molar-refractivity contribution in [1.29, 1.82) is 0 Å². The molecule has 8 heavy (non-hydrogen) atoms. The molecule has 0 aliphatic carbocycles. The molecule has 6 nitrogen and oxygen atoms in total. The summed E-state index contributed by atoms with van der Waals surface area (Å²) in [5.41, 5.74) is 0. The lowest BCUT2D eigenvalue weighted by Gasteiger charge is -1.76. The summed E-state index contributed by atoms with van der Waals surface area (Å²) in [6.07, 6.45) is 0. The van der Waals surface area contributed by atoms with Gasteiger partial charge in [-0.25, -0.2) is 0 Å². The molecular formula is H6O6P2. The Balaban J connectivity index is 0. The van der Waals surface area contributed by atoms with E-state index < -0.39 is 17.2 Å². The summed E-state index contributed by atoms with van der Waals surface area (Å²) in [4.78, 5) is 43.4. The molecule has 52 valence electrons. The van der Waals surface area contributed by atoms with Gasteiger partial charge in [0.1, 0.15) is 0 Å². The van der Waals surface area contributed by atoms with Crippen LogP contribution in [-0.4, -0.2) is 29.4 Å². The second-order valence-electron chi connectivity index (χ2n) is 0.537. The molecule has 0 aliphatic rings. The molecule has 0 amide bonds. The third kappa shape index (κ3) is 544. The van der Waals surface area contributed by atoms with Crippen LogP contribution in [0.4, 0.5) is 0 Å². The van der Waals surface area contributed by atoms with Crippen LogP contribution >= 0.6 is 17.2 Å². The molecule has 0 rings (SSSR count). The first-order valence-corrected chi connectivity index (χ1v) is 3.60. The van der Waals surface area contributed by atoms with Gasteiger partial charge >= 0.3 is 17.2 Å². The molecule has 0 spiro atoms. The first-order valence-electron chi connectivity index (χ1n) is 1.20. The van der Waals surface area contributed by atoms with Crippen molar-refractivity contribution < 1.29 is 29.4 Å². The largest absolute Gasteiger partial charge is 0.328 e. The van der Waals surface area contributed by atoms with Crippen LogP contribution < -0.4 is 0 Å². The molecule has 0 radical (unpaired) electrons. The van der Waals surface area contributed by atoms with E-state index in [4.69, 9.17) is 29.4 Å². The number of rotatable bonds is 0. The van der Waals surface area contributed by atoms with Gasteiger partial charge in [-0.3, -0.25) is 0 Å². The van der Waals surface area contributed by atoms with E-state index in [1.165, 1.54) is 0 Å². The van der Waals surface area contributed by atoms with E-state index >= 15 is 0 Å². The van der Waals surface area contributed by atoms with E-state index in [0.717, 1.165) is 0 Å². The fraction of sp³-hybridized carbons (Fsp3) is 0. The molecule has 0 atom stereocenters. The van der Waals surface area contributed by atoms with Crippen LogP contribution in [0.25, 0.3) is 0 Å². The number of hydrogen-bond acceptors (Lipinski definition) is 6. The molecule has 0 aliphatic heterocycles. The summed E-state index contributed by atoms with van der Waals surface area (Å²) in [6.45, 7) is 0. The smallest absolute Gasteiger partial charge is 0.324 e. The highest BCUT2D eigenvalue weighted by Gasteiger charge is 1.76. The van der Waals surface area contributed by atoms with Crippen LogP contribution in [0.5, 0.6) is 0 Å². The topological polar surface area (TPSA) is 121 Å². The third-order valence-corrected chi connectivity index (χ3v) is 0. The lowest BCUT2D eigenvalue weighted by atomic mass is 15.8. The number of hydrogen-bond donors (Lipinski definition) is 6. The van der Waals surface area contributed by atoms with Crippen LogP contribution in [0.2, 0.25) is 0 Å². The van der Waals surface area contributed by atoms with Crippen LogP contribution in [0.1, 0.15) is 0 Å². The maximum atomic E-state index is 7.23. The molecule has 0 heterocycles. The summed E-state index contributed by atoms with van der Waals surface area (Å²) < 4.78 is 0. The lowest BCUT2D eigenvalue weighted by Crippen LogP contribution is -1.54. The summed E-state index contributed by atoms with van der Waals surface area (Å²) in [5.74, 6) is 0. The van der Waals surface area contributed by atoms with Crippen LogP contribution in [0.3, 0.4) is 0 Å². The minimum Gasteiger partial charge on any atom is -0.328 e. The van der Waals surface area contributed by atoms with Gasteiger partial charge in [0.15, 0.2) is 0 Å². The van der Waals surface area contributed by atoms with Crippen LogP contribution in [0, 0.1) is 0 Å². The van der Waals surface area contributed by atoms with E-state index in [1.807, 2.05) is 0 Å². The summed E-state index contributed by atoms with van der Waals surface area (Å²) in [5, 5.41) is 0. The Morgan fingerprint density at radius 2 is 0.500 bits per heavy atom. The van der Waals surface area contributed by atoms with Gasteiger partial charge in [-0.2, -0.15) is 0 Å². The van der Waals surface area contributed by atoms with Crippen LogP contribution in [-0.2, 0) is 0 Å². The quantitative estimate of drug-likeness (QED) is 0.239. The van der Waals surface area contributed by atoms with Crippen molar-refractivity contribution in [3.8, 4) is 0 Å². The van der Waals surface area contributed by atoms with Gasteiger partial charge in [0.05, 0.1) is 0 Å². The molecule has 0 aromatic rings. The van der Waals surface area contributed by atoms with E-state index in [1.54, 1.807) is 0 Å². The molecular weight excluding hydrogens is 158 g/mol. The van der Waals surface area contributed by atoms with E-state index in [0.29, 0.717) is 0 Å². The van der Waals surface area contributed by atoms with Crippen molar-refractivity contribution in [3.63, 3.8) is 0 Å². The highest BCUT2D eigenvalue weighted by molar-refractivity contribution is 7.38. The highest BCUT2D eigenvalue weighted by Crippen LogP contribution is 2.12. The minimum atomic E-state index is -2.62. The Bertz CT molecular complexity index is 22.0. The lowest BCUT2D eigenvalue weighted by molar-refractivity contribution is 0.366. The minimum absolute atomic E-state index is 2.62. The fourth-order valence-corrected chi connectivity index (χ4v) is 0. The molecule has 0 unspecified atom stereocenters. The van der Waals surface area contributed by atoms with Crippen molar-refractivity contribution in [1.82, 2.24) is 0 Å². The van der Waals surface area contributed by atoms with Crippen LogP contribution in [0.15, 0.2) is 0 Å². The molecule has 0 aromatic heterocycles. The Morgan fingerprint density at radius 3 is 0.500 bits per heavy atom. The zero-order valence-electron chi connectivity index (χ0n) is 3.58. The van der Waals surface area contributed by atoms with Gasteiger partial charge in [-0.15, -0.1) is 0 Å². The van der Waals surface area contributed by atoms with Crippen molar-refractivity contribution in [2.75, 3.05) is 0 Å². The highest BCUT2D eigenvalue weighted by atomic mass is 31.2. The predicted molar refractivity (Wildman–Crippen MR) is 27.2 cm³/mol. The average molecular weight is 164 g/mol. The average Bonchev–Trinajstić information content (AvgIpc) is 1.25. The van der Waals surface area contributed by atoms with Crippen molar-refractivity contribution in [2.45, 2.75) is 0 Å². The van der Waals surface area contributed by atoms with Gasteiger partial charge in [0.25, 0.3) is 0 Å². The molecule has 8 heteroatoms. The monoisotopic (exact) mass is 164 g/mol. The van der Waals surface area contributed by atoms with Gasteiger partial charge in [-0.05, 0) is 0 Å². The second kappa shape index (κ2) is 7.62. The van der Waals surface area contributed by atoms with Crippen molar-refractivity contribution >= 4 is 17.2 Å². The van der Waals surface area contributed by atoms with Crippen molar-refractivity contribution in [3.05, 3.63) is 0 Å². The predicted octanol–water partition coefficient (Wildman–Crippen LogP) is -1.62. The van der Waals surface area contributed by atoms with E-state index in [9.17, 15) is 0 Å². The van der Waals surface area contributed by atoms with Gasteiger partial charge in [0.2, 0.25) is 0 Å². The van der Waals surface area contributed by atoms with Gasteiger partial charge in [-0.1, -0.05) is 0 Å². The SMILES string of the molecule is OP(O)O.OP(O)O.